The van der Waals surface area contributed by atoms with Crippen LogP contribution in [0.15, 0.2) is 77.7 Å². The number of ether oxygens (including phenoxy) is 1. The van der Waals surface area contributed by atoms with Gasteiger partial charge in [-0.2, -0.15) is 0 Å². The van der Waals surface area contributed by atoms with Crippen LogP contribution >= 0.6 is 0 Å². The van der Waals surface area contributed by atoms with Crippen LogP contribution in [0.1, 0.15) is 23.1 Å². The van der Waals surface area contributed by atoms with E-state index in [1.807, 2.05) is 55.5 Å². The first-order chi connectivity index (χ1) is 14.9. The van der Waals surface area contributed by atoms with Crippen molar-refractivity contribution in [1.29, 1.82) is 0 Å². The Balaban J connectivity index is 1.60. The van der Waals surface area contributed by atoms with Crippen molar-refractivity contribution >= 4 is 21.6 Å². The maximum absolute atomic E-state index is 12.5. The van der Waals surface area contributed by atoms with Gasteiger partial charge < -0.3 is 10.1 Å². The van der Waals surface area contributed by atoms with E-state index in [1.165, 1.54) is 19.2 Å². The molecule has 3 rings (SSSR count). The van der Waals surface area contributed by atoms with Crippen LogP contribution in [0, 0.1) is 6.92 Å². The van der Waals surface area contributed by atoms with Gasteiger partial charge in [0.2, 0.25) is 15.9 Å². The molecule has 162 valence electrons. The van der Waals surface area contributed by atoms with E-state index in [0.29, 0.717) is 24.5 Å². The standard InChI is InChI=1S/C24H26N2O4S/c1-18-8-14-22(23(16-18)30-17-20-6-4-3-5-7-20)26-24(27)15-11-19-9-12-21(13-10-19)31(28,29)25-2/h3-10,12-14,16,25H,11,15,17H2,1-2H3,(H,26,27). The van der Waals surface area contributed by atoms with Gasteiger partial charge in [-0.3, -0.25) is 4.79 Å². The monoisotopic (exact) mass is 438 g/mol. The molecule has 2 N–H and O–H groups in total. The summed E-state index contributed by atoms with van der Waals surface area (Å²) >= 11 is 0. The van der Waals surface area contributed by atoms with Gasteiger partial charge in [0.25, 0.3) is 0 Å². The average Bonchev–Trinajstić information content (AvgIpc) is 2.79. The summed E-state index contributed by atoms with van der Waals surface area (Å²) in [4.78, 5) is 12.7. The van der Waals surface area contributed by atoms with Gasteiger partial charge in [0.05, 0.1) is 10.6 Å². The predicted molar refractivity (Wildman–Crippen MR) is 122 cm³/mol. The fourth-order valence-corrected chi connectivity index (χ4v) is 3.74. The van der Waals surface area contributed by atoms with Gasteiger partial charge >= 0.3 is 0 Å². The number of nitrogens with one attached hydrogen (secondary N) is 2. The normalized spacial score (nSPS) is 11.2. The molecule has 0 aliphatic heterocycles. The second-order valence-electron chi connectivity index (χ2n) is 7.17. The Bertz CT molecular complexity index is 1130. The van der Waals surface area contributed by atoms with Crippen LogP contribution in [-0.2, 0) is 27.8 Å². The number of hydrogen-bond donors (Lipinski definition) is 2. The third kappa shape index (κ3) is 6.41. The summed E-state index contributed by atoms with van der Waals surface area (Å²) in [6.07, 6.45) is 0.766. The van der Waals surface area contributed by atoms with Gasteiger partial charge in [-0.05, 0) is 61.3 Å². The van der Waals surface area contributed by atoms with Crippen molar-refractivity contribution in [1.82, 2.24) is 4.72 Å². The van der Waals surface area contributed by atoms with E-state index >= 15 is 0 Å². The minimum Gasteiger partial charge on any atom is -0.487 e. The van der Waals surface area contributed by atoms with E-state index in [2.05, 4.69) is 10.0 Å². The highest BCUT2D eigenvalue weighted by Crippen LogP contribution is 2.27. The molecule has 0 aliphatic carbocycles. The van der Waals surface area contributed by atoms with Crippen LogP contribution in [0.25, 0.3) is 0 Å². The minimum atomic E-state index is -3.46. The number of aryl methyl sites for hydroxylation is 2. The molecule has 0 unspecified atom stereocenters. The van der Waals surface area contributed by atoms with Gasteiger partial charge in [0, 0.05) is 6.42 Å². The van der Waals surface area contributed by atoms with Gasteiger partial charge in [-0.1, -0.05) is 48.5 Å². The molecule has 1 amide bonds. The highest BCUT2D eigenvalue weighted by molar-refractivity contribution is 7.89. The SMILES string of the molecule is CNS(=O)(=O)c1ccc(CCC(=O)Nc2ccc(C)cc2OCc2ccccc2)cc1. The van der Waals surface area contributed by atoms with Crippen LogP contribution < -0.4 is 14.8 Å². The summed E-state index contributed by atoms with van der Waals surface area (Å²) in [5.74, 6) is 0.485. The largest absolute Gasteiger partial charge is 0.487 e. The van der Waals surface area contributed by atoms with Crippen molar-refractivity contribution in [3.63, 3.8) is 0 Å². The van der Waals surface area contributed by atoms with Crippen LogP contribution in [0.3, 0.4) is 0 Å². The molecule has 0 aliphatic rings. The first-order valence-electron chi connectivity index (χ1n) is 9.97. The fourth-order valence-electron chi connectivity index (χ4n) is 3.01. The van der Waals surface area contributed by atoms with Gasteiger partial charge in [0.1, 0.15) is 12.4 Å². The molecular weight excluding hydrogens is 412 g/mol. The van der Waals surface area contributed by atoms with Crippen molar-refractivity contribution in [3.05, 3.63) is 89.5 Å². The Kier molecular flexibility index (Phi) is 7.44. The predicted octanol–water partition coefficient (Wildman–Crippen LogP) is 4.05. The zero-order valence-corrected chi connectivity index (χ0v) is 18.4. The lowest BCUT2D eigenvalue weighted by atomic mass is 10.1. The number of amides is 1. The molecular formula is C24H26N2O4S. The summed E-state index contributed by atoms with van der Waals surface area (Å²) in [5.41, 5.74) is 3.60. The van der Waals surface area contributed by atoms with Crippen LogP contribution in [0.2, 0.25) is 0 Å². The smallest absolute Gasteiger partial charge is 0.240 e. The van der Waals surface area contributed by atoms with E-state index < -0.39 is 10.0 Å². The number of carbonyl (C=O) groups excluding carboxylic acids is 1. The molecule has 0 saturated carbocycles. The molecule has 0 aromatic heterocycles. The molecule has 0 spiro atoms. The topological polar surface area (TPSA) is 84.5 Å². The molecule has 7 heteroatoms. The van der Waals surface area contributed by atoms with Crippen LogP contribution in [0.4, 0.5) is 5.69 Å². The zero-order chi connectivity index (χ0) is 22.3. The average molecular weight is 439 g/mol. The molecule has 31 heavy (non-hydrogen) atoms. The summed E-state index contributed by atoms with van der Waals surface area (Å²) in [5, 5.41) is 2.92. The Morgan fingerprint density at radius 3 is 2.32 bits per heavy atom. The molecule has 0 atom stereocenters. The number of sulfonamides is 1. The summed E-state index contributed by atoms with van der Waals surface area (Å²) in [6, 6.07) is 22.0. The lowest BCUT2D eigenvalue weighted by Gasteiger charge is -2.14. The molecule has 0 heterocycles. The lowest BCUT2D eigenvalue weighted by molar-refractivity contribution is -0.116. The number of rotatable bonds is 9. The van der Waals surface area contributed by atoms with E-state index in [-0.39, 0.29) is 17.2 Å². The van der Waals surface area contributed by atoms with E-state index in [0.717, 1.165) is 16.7 Å². The Hall–Kier alpha value is -3.16. The molecule has 0 saturated heterocycles. The quantitative estimate of drug-likeness (QED) is 0.528. The van der Waals surface area contributed by atoms with Crippen molar-refractivity contribution < 1.29 is 17.9 Å². The number of anilines is 1. The maximum atomic E-state index is 12.5. The molecule has 3 aromatic rings. The molecule has 3 aromatic carbocycles. The lowest BCUT2D eigenvalue weighted by Crippen LogP contribution is -2.18. The Morgan fingerprint density at radius 2 is 1.65 bits per heavy atom. The second-order valence-corrected chi connectivity index (χ2v) is 9.06. The summed E-state index contributed by atoms with van der Waals surface area (Å²) < 4.78 is 31.8. The first kappa shape index (κ1) is 22.5. The second kappa shape index (κ2) is 10.2. The highest BCUT2D eigenvalue weighted by atomic mass is 32.2. The third-order valence-corrected chi connectivity index (χ3v) is 6.22. The maximum Gasteiger partial charge on any atom is 0.240 e. The van der Waals surface area contributed by atoms with E-state index in [1.54, 1.807) is 12.1 Å². The van der Waals surface area contributed by atoms with Crippen molar-refractivity contribution in [2.75, 3.05) is 12.4 Å². The molecule has 0 fully saturated rings. The number of carbonyl (C=O) groups is 1. The number of hydrogen-bond acceptors (Lipinski definition) is 4. The third-order valence-electron chi connectivity index (χ3n) is 4.79. The number of benzene rings is 3. The van der Waals surface area contributed by atoms with E-state index in [4.69, 9.17) is 4.74 Å². The summed E-state index contributed by atoms with van der Waals surface area (Å²) in [7, 11) is -2.09. The Labute approximate surface area is 183 Å². The molecule has 0 radical (unpaired) electrons. The van der Waals surface area contributed by atoms with Gasteiger partial charge in [0.15, 0.2) is 0 Å². The van der Waals surface area contributed by atoms with Crippen molar-refractivity contribution in [3.8, 4) is 5.75 Å². The van der Waals surface area contributed by atoms with E-state index in [9.17, 15) is 13.2 Å². The summed E-state index contributed by atoms with van der Waals surface area (Å²) in [6.45, 7) is 2.38. The van der Waals surface area contributed by atoms with Gasteiger partial charge in [-0.15, -0.1) is 0 Å². The zero-order valence-electron chi connectivity index (χ0n) is 17.6. The molecule has 6 nitrogen and oxygen atoms in total. The van der Waals surface area contributed by atoms with Crippen LogP contribution in [0.5, 0.6) is 5.75 Å². The minimum absolute atomic E-state index is 0.139. The van der Waals surface area contributed by atoms with Crippen molar-refractivity contribution in [2.24, 2.45) is 0 Å². The van der Waals surface area contributed by atoms with Crippen LogP contribution in [-0.4, -0.2) is 21.4 Å². The van der Waals surface area contributed by atoms with Gasteiger partial charge in [-0.25, -0.2) is 13.1 Å². The highest BCUT2D eigenvalue weighted by Gasteiger charge is 2.12. The molecule has 0 bridgehead atoms. The Morgan fingerprint density at radius 1 is 0.935 bits per heavy atom. The first-order valence-corrected chi connectivity index (χ1v) is 11.5. The fraction of sp³-hybridized carbons (Fsp3) is 0.208. The van der Waals surface area contributed by atoms with Crippen molar-refractivity contribution in [2.45, 2.75) is 31.3 Å².